The molecule has 2 N–H and O–H groups in total. The van der Waals surface area contributed by atoms with Crippen LogP contribution in [0.3, 0.4) is 0 Å². The molecule has 0 aliphatic rings. The monoisotopic (exact) mass is 345 g/mol. The van der Waals surface area contributed by atoms with Gasteiger partial charge in [0.05, 0.1) is 16.9 Å². The molecule has 0 aliphatic heterocycles. The Morgan fingerprint density at radius 3 is 2.75 bits per heavy atom. The van der Waals surface area contributed by atoms with E-state index in [0.29, 0.717) is 16.5 Å². The number of hydrogen-bond acceptors (Lipinski definition) is 3. The first-order valence-electron chi connectivity index (χ1n) is 7.06. The average molecular weight is 346 g/mol. The van der Waals surface area contributed by atoms with Crippen molar-refractivity contribution in [3.05, 3.63) is 70.6 Å². The second kappa shape index (κ2) is 6.33. The molecule has 0 saturated carbocycles. The number of benzene rings is 2. The Labute approximate surface area is 142 Å². The van der Waals surface area contributed by atoms with Crippen molar-refractivity contribution in [1.29, 1.82) is 0 Å². The first kappa shape index (κ1) is 16.0. The van der Waals surface area contributed by atoms with E-state index in [1.165, 1.54) is 12.1 Å². The van der Waals surface area contributed by atoms with Gasteiger partial charge in [0.2, 0.25) is 0 Å². The number of rotatable bonds is 4. The number of aromatic carboxylic acids is 1. The molecule has 0 aliphatic carbocycles. The van der Waals surface area contributed by atoms with E-state index in [0.717, 1.165) is 17.4 Å². The van der Waals surface area contributed by atoms with Gasteiger partial charge < -0.3 is 10.4 Å². The molecule has 0 amide bonds. The molecule has 1 heterocycles. The lowest BCUT2D eigenvalue weighted by Crippen LogP contribution is -2.05. The molecule has 0 bridgehead atoms. The fraction of sp³-hybridized carbons (Fsp3) is 0.0588. The van der Waals surface area contributed by atoms with E-state index < -0.39 is 17.3 Å². The molecule has 0 fully saturated rings. The quantitative estimate of drug-likeness (QED) is 0.734. The van der Waals surface area contributed by atoms with Gasteiger partial charge in [0.25, 0.3) is 0 Å². The Balaban J connectivity index is 2.00. The third-order valence-electron chi connectivity index (χ3n) is 3.35. The van der Waals surface area contributed by atoms with Crippen LogP contribution in [0.1, 0.15) is 16.1 Å². The van der Waals surface area contributed by atoms with E-state index in [2.05, 4.69) is 10.4 Å². The molecule has 0 atom stereocenters. The van der Waals surface area contributed by atoms with Gasteiger partial charge in [0.15, 0.2) is 0 Å². The predicted octanol–water partition coefficient (Wildman–Crippen LogP) is 4.42. The number of nitrogens with zero attached hydrogens (tertiary/aromatic N) is 2. The minimum Gasteiger partial charge on any atom is -0.478 e. The van der Waals surface area contributed by atoms with Gasteiger partial charge in [0, 0.05) is 16.8 Å². The van der Waals surface area contributed by atoms with Crippen LogP contribution in [0.4, 0.5) is 15.9 Å². The Morgan fingerprint density at radius 1 is 1.25 bits per heavy atom. The van der Waals surface area contributed by atoms with E-state index in [1.807, 2.05) is 13.0 Å². The van der Waals surface area contributed by atoms with Crippen molar-refractivity contribution in [2.24, 2.45) is 0 Å². The third kappa shape index (κ3) is 3.23. The molecular weight excluding hydrogens is 333 g/mol. The van der Waals surface area contributed by atoms with Crippen LogP contribution in [0.2, 0.25) is 5.02 Å². The minimum atomic E-state index is -1.32. The zero-order valence-corrected chi connectivity index (χ0v) is 13.4. The van der Waals surface area contributed by atoms with E-state index in [-0.39, 0.29) is 0 Å². The molecule has 0 radical (unpaired) electrons. The van der Waals surface area contributed by atoms with Gasteiger partial charge in [0.1, 0.15) is 11.6 Å². The zero-order valence-electron chi connectivity index (χ0n) is 12.6. The number of halogens is 2. The largest absolute Gasteiger partial charge is 0.478 e. The standard InChI is InChI=1S/C17H13ClFN3O2/c1-10-7-16(22(21-10)13-4-2-3-11(18)8-13)20-12-5-6-15(19)14(9-12)17(23)24/h2-9,20H,1H3,(H,23,24). The summed E-state index contributed by atoms with van der Waals surface area (Å²) >= 11 is 6.02. The van der Waals surface area contributed by atoms with Crippen LogP contribution < -0.4 is 5.32 Å². The van der Waals surface area contributed by atoms with Crippen LogP contribution in [0.25, 0.3) is 5.69 Å². The van der Waals surface area contributed by atoms with E-state index in [4.69, 9.17) is 16.7 Å². The van der Waals surface area contributed by atoms with Crippen LogP contribution in [-0.4, -0.2) is 20.9 Å². The lowest BCUT2D eigenvalue weighted by atomic mass is 10.2. The number of carbonyl (C=O) groups is 1. The summed E-state index contributed by atoms with van der Waals surface area (Å²) in [5.74, 6) is -1.50. The number of nitrogens with one attached hydrogen (secondary N) is 1. The fourth-order valence-corrected chi connectivity index (χ4v) is 2.49. The van der Waals surface area contributed by atoms with Gasteiger partial charge in [-0.3, -0.25) is 0 Å². The summed E-state index contributed by atoms with van der Waals surface area (Å²) in [6.45, 7) is 1.83. The number of carboxylic acids is 1. The summed E-state index contributed by atoms with van der Waals surface area (Å²) in [4.78, 5) is 11.1. The minimum absolute atomic E-state index is 0.398. The molecule has 0 unspecified atom stereocenters. The van der Waals surface area contributed by atoms with Crippen molar-refractivity contribution in [2.45, 2.75) is 6.92 Å². The molecular formula is C17H13ClFN3O2. The number of anilines is 2. The highest BCUT2D eigenvalue weighted by Crippen LogP contribution is 2.24. The summed E-state index contributed by atoms with van der Waals surface area (Å²) < 4.78 is 15.2. The van der Waals surface area contributed by atoms with Gasteiger partial charge in [-0.05, 0) is 43.3 Å². The van der Waals surface area contributed by atoms with Crippen LogP contribution in [0.15, 0.2) is 48.5 Å². The Hall–Kier alpha value is -2.86. The second-order valence-electron chi connectivity index (χ2n) is 5.19. The summed E-state index contributed by atoms with van der Waals surface area (Å²) in [5.41, 5.74) is 1.55. The summed E-state index contributed by atoms with van der Waals surface area (Å²) in [5, 5.41) is 17.1. The van der Waals surface area contributed by atoms with Crippen LogP contribution in [0.5, 0.6) is 0 Å². The van der Waals surface area contributed by atoms with Gasteiger partial charge in [-0.25, -0.2) is 13.9 Å². The predicted molar refractivity (Wildman–Crippen MR) is 90.0 cm³/mol. The Bertz CT molecular complexity index is 924. The molecule has 0 spiro atoms. The molecule has 3 aromatic rings. The maximum atomic E-state index is 13.5. The first-order valence-corrected chi connectivity index (χ1v) is 7.44. The van der Waals surface area contributed by atoms with E-state index in [9.17, 15) is 9.18 Å². The highest BCUT2D eigenvalue weighted by molar-refractivity contribution is 6.30. The molecule has 7 heteroatoms. The van der Waals surface area contributed by atoms with Gasteiger partial charge in [-0.2, -0.15) is 5.10 Å². The first-order chi connectivity index (χ1) is 11.4. The van der Waals surface area contributed by atoms with E-state index in [1.54, 1.807) is 28.9 Å². The van der Waals surface area contributed by atoms with Crippen molar-refractivity contribution >= 4 is 29.1 Å². The lowest BCUT2D eigenvalue weighted by Gasteiger charge is -2.11. The van der Waals surface area contributed by atoms with Crippen LogP contribution in [0, 0.1) is 12.7 Å². The number of hydrogen-bond donors (Lipinski definition) is 2. The fourth-order valence-electron chi connectivity index (χ4n) is 2.31. The van der Waals surface area contributed by atoms with Gasteiger partial charge in [-0.1, -0.05) is 17.7 Å². The summed E-state index contributed by atoms with van der Waals surface area (Å²) in [6, 6.07) is 12.8. The van der Waals surface area contributed by atoms with Crippen molar-refractivity contribution in [3.8, 4) is 5.69 Å². The van der Waals surface area contributed by atoms with Crippen molar-refractivity contribution in [2.75, 3.05) is 5.32 Å². The molecule has 1 aromatic heterocycles. The summed E-state index contributed by atoms with van der Waals surface area (Å²) in [7, 11) is 0. The summed E-state index contributed by atoms with van der Waals surface area (Å²) in [6.07, 6.45) is 0. The Kier molecular flexibility index (Phi) is 4.22. The maximum absolute atomic E-state index is 13.5. The molecule has 5 nitrogen and oxygen atoms in total. The molecule has 2 aromatic carbocycles. The topological polar surface area (TPSA) is 67.2 Å². The number of aryl methyl sites for hydroxylation is 1. The van der Waals surface area contributed by atoms with Crippen molar-refractivity contribution in [1.82, 2.24) is 9.78 Å². The number of carboxylic acid groups (broad SMARTS) is 1. The van der Waals surface area contributed by atoms with Gasteiger partial charge in [-0.15, -0.1) is 0 Å². The zero-order chi connectivity index (χ0) is 17.3. The molecule has 0 saturated heterocycles. The third-order valence-corrected chi connectivity index (χ3v) is 3.59. The molecule has 122 valence electrons. The Morgan fingerprint density at radius 2 is 2.04 bits per heavy atom. The smallest absolute Gasteiger partial charge is 0.338 e. The molecule has 24 heavy (non-hydrogen) atoms. The average Bonchev–Trinajstić information content (AvgIpc) is 2.89. The second-order valence-corrected chi connectivity index (χ2v) is 5.62. The SMILES string of the molecule is Cc1cc(Nc2ccc(F)c(C(=O)O)c2)n(-c2cccc(Cl)c2)n1. The van der Waals surface area contributed by atoms with Crippen LogP contribution in [-0.2, 0) is 0 Å². The van der Waals surface area contributed by atoms with Crippen LogP contribution >= 0.6 is 11.6 Å². The molecule has 3 rings (SSSR count). The van der Waals surface area contributed by atoms with Gasteiger partial charge >= 0.3 is 5.97 Å². The highest BCUT2D eigenvalue weighted by atomic mass is 35.5. The van der Waals surface area contributed by atoms with Crippen molar-refractivity contribution in [3.63, 3.8) is 0 Å². The van der Waals surface area contributed by atoms with E-state index >= 15 is 0 Å². The van der Waals surface area contributed by atoms with Crippen molar-refractivity contribution < 1.29 is 14.3 Å². The number of aromatic nitrogens is 2. The maximum Gasteiger partial charge on any atom is 0.338 e. The normalized spacial score (nSPS) is 10.6. The lowest BCUT2D eigenvalue weighted by molar-refractivity contribution is 0.0692. The highest BCUT2D eigenvalue weighted by Gasteiger charge is 2.13.